The molecule has 0 atom stereocenters. The molecule has 0 saturated carbocycles. The molecule has 0 bridgehead atoms. The molecule has 0 saturated heterocycles. The Balaban J connectivity index is 2.16. The van der Waals surface area contributed by atoms with Crippen molar-refractivity contribution in [1.82, 2.24) is 0 Å². The van der Waals surface area contributed by atoms with E-state index in [4.69, 9.17) is 22.1 Å². The molecule has 2 N–H and O–H groups in total. The third-order valence-electron chi connectivity index (χ3n) is 2.30. The summed E-state index contributed by atoms with van der Waals surface area (Å²) in [6.07, 6.45) is 0. The summed E-state index contributed by atoms with van der Waals surface area (Å²) >= 11 is 9.19. The number of hydrogen-bond acceptors (Lipinski definition) is 2. The fourth-order valence-corrected chi connectivity index (χ4v) is 2.28. The monoisotopic (exact) mass is 329 g/mol. The third kappa shape index (κ3) is 3.15. The summed E-state index contributed by atoms with van der Waals surface area (Å²) in [4.78, 5) is 0. The molecule has 2 rings (SSSR count). The van der Waals surface area contributed by atoms with E-state index in [1.165, 1.54) is 12.1 Å². The number of nitrogens with two attached hydrogens (primary N) is 1. The molecule has 0 aromatic heterocycles. The van der Waals surface area contributed by atoms with Gasteiger partial charge in [0, 0.05) is 4.47 Å². The Kier molecular flexibility index (Phi) is 4.09. The number of halogens is 3. The van der Waals surface area contributed by atoms with Crippen molar-refractivity contribution in [2.24, 2.45) is 0 Å². The summed E-state index contributed by atoms with van der Waals surface area (Å²) in [5.41, 5.74) is 6.90. The SMILES string of the molecule is Nc1cccc(Cl)c1OCc1cc(F)cc(Br)c1. The zero-order valence-electron chi connectivity index (χ0n) is 9.29. The lowest BCUT2D eigenvalue weighted by atomic mass is 10.2. The molecular weight excluding hydrogens is 321 g/mol. The first-order valence-corrected chi connectivity index (χ1v) is 6.35. The standard InChI is InChI=1S/C13H10BrClFNO/c14-9-4-8(5-10(16)6-9)7-18-13-11(15)2-1-3-12(13)17/h1-6H,7,17H2. The van der Waals surface area contributed by atoms with E-state index >= 15 is 0 Å². The first kappa shape index (κ1) is 13.2. The Morgan fingerprint density at radius 1 is 1.28 bits per heavy atom. The van der Waals surface area contributed by atoms with Gasteiger partial charge in [0.25, 0.3) is 0 Å². The van der Waals surface area contributed by atoms with Crippen LogP contribution < -0.4 is 10.5 Å². The van der Waals surface area contributed by atoms with Crippen molar-refractivity contribution in [2.45, 2.75) is 6.61 Å². The Morgan fingerprint density at radius 2 is 2.06 bits per heavy atom. The molecule has 0 unspecified atom stereocenters. The van der Waals surface area contributed by atoms with Crippen LogP contribution in [0, 0.1) is 5.82 Å². The molecule has 0 amide bonds. The number of ether oxygens (including phenoxy) is 1. The van der Waals surface area contributed by atoms with Gasteiger partial charge in [-0.2, -0.15) is 0 Å². The van der Waals surface area contributed by atoms with Crippen LogP contribution in [0.1, 0.15) is 5.56 Å². The maximum atomic E-state index is 13.2. The lowest BCUT2D eigenvalue weighted by Crippen LogP contribution is -2.00. The summed E-state index contributed by atoms with van der Waals surface area (Å²) in [7, 11) is 0. The molecule has 2 nitrogen and oxygen atoms in total. The Morgan fingerprint density at radius 3 is 2.72 bits per heavy atom. The molecule has 2 aromatic rings. The fraction of sp³-hybridized carbons (Fsp3) is 0.0769. The maximum Gasteiger partial charge on any atom is 0.161 e. The Labute approximate surface area is 118 Å². The minimum Gasteiger partial charge on any atom is -0.485 e. The van der Waals surface area contributed by atoms with Crippen LogP contribution in [0.25, 0.3) is 0 Å². The van der Waals surface area contributed by atoms with Crippen molar-refractivity contribution in [3.63, 3.8) is 0 Å². The number of hydrogen-bond donors (Lipinski definition) is 1. The zero-order valence-corrected chi connectivity index (χ0v) is 11.6. The molecule has 0 aliphatic heterocycles. The van der Waals surface area contributed by atoms with Crippen LogP contribution in [-0.2, 0) is 6.61 Å². The van der Waals surface area contributed by atoms with Crippen molar-refractivity contribution in [2.75, 3.05) is 5.73 Å². The molecular formula is C13H10BrClFNO. The van der Waals surface area contributed by atoms with E-state index in [-0.39, 0.29) is 12.4 Å². The maximum absolute atomic E-state index is 13.2. The highest BCUT2D eigenvalue weighted by atomic mass is 79.9. The lowest BCUT2D eigenvalue weighted by Gasteiger charge is -2.10. The molecule has 0 fully saturated rings. The largest absolute Gasteiger partial charge is 0.485 e. The van der Waals surface area contributed by atoms with E-state index in [0.717, 1.165) is 0 Å². The average molecular weight is 331 g/mol. The minimum absolute atomic E-state index is 0.199. The smallest absolute Gasteiger partial charge is 0.161 e. The highest BCUT2D eigenvalue weighted by Crippen LogP contribution is 2.31. The average Bonchev–Trinajstić information content (AvgIpc) is 2.27. The number of rotatable bonds is 3. The van der Waals surface area contributed by atoms with E-state index in [1.807, 2.05) is 0 Å². The second kappa shape index (κ2) is 5.59. The number of anilines is 1. The highest BCUT2D eigenvalue weighted by molar-refractivity contribution is 9.10. The first-order valence-electron chi connectivity index (χ1n) is 5.18. The molecule has 0 aliphatic rings. The molecule has 18 heavy (non-hydrogen) atoms. The van der Waals surface area contributed by atoms with Gasteiger partial charge in [0.2, 0.25) is 0 Å². The van der Waals surface area contributed by atoms with E-state index < -0.39 is 0 Å². The first-order chi connectivity index (χ1) is 8.56. The zero-order chi connectivity index (χ0) is 13.1. The molecule has 94 valence electrons. The van der Waals surface area contributed by atoms with Gasteiger partial charge < -0.3 is 10.5 Å². The van der Waals surface area contributed by atoms with Gasteiger partial charge in [-0.3, -0.25) is 0 Å². The van der Waals surface area contributed by atoms with Gasteiger partial charge in [-0.15, -0.1) is 0 Å². The van der Waals surface area contributed by atoms with Crippen molar-refractivity contribution in [3.05, 3.63) is 57.3 Å². The second-order valence-electron chi connectivity index (χ2n) is 3.72. The van der Waals surface area contributed by atoms with E-state index in [9.17, 15) is 4.39 Å². The molecule has 0 heterocycles. The summed E-state index contributed by atoms with van der Waals surface area (Å²) in [5.74, 6) is 0.0923. The lowest BCUT2D eigenvalue weighted by molar-refractivity contribution is 0.307. The van der Waals surface area contributed by atoms with E-state index in [0.29, 0.717) is 26.5 Å². The van der Waals surface area contributed by atoms with Gasteiger partial charge in [0.1, 0.15) is 12.4 Å². The van der Waals surface area contributed by atoms with Gasteiger partial charge in [0.05, 0.1) is 10.7 Å². The van der Waals surface area contributed by atoms with Crippen molar-refractivity contribution in [3.8, 4) is 5.75 Å². The molecule has 5 heteroatoms. The number of para-hydroxylation sites is 1. The summed E-state index contributed by atoms with van der Waals surface area (Å²) < 4.78 is 19.4. The van der Waals surface area contributed by atoms with Crippen molar-refractivity contribution >= 4 is 33.2 Å². The molecule has 0 spiro atoms. The van der Waals surface area contributed by atoms with Crippen LogP contribution in [0.4, 0.5) is 10.1 Å². The molecule has 0 radical (unpaired) electrons. The normalized spacial score (nSPS) is 10.4. The Hall–Kier alpha value is -1.26. The van der Waals surface area contributed by atoms with Gasteiger partial charge in [0.15, 0.2) is 5.75 Å². The predicted molar refractivity (Wildman–Crippen MR) is 74.3 cm³/mol. The minimum atomic E-state index is -0.324. The quantitative estimate of drug-likeness (QED) is 0.846. The second-order valence-corrected chi connectivity index (χ2v) is 5.05. The predicted octanol–water partition coefficient (Wildman–Crippen LogP) is 4.40. The highest BCUT2D eigenvalue weighted by Gasteiger charge is 2.07. The van der Waals surface area contributed by atoms with Crippen LogP contribution in [0.2, 0.25) is 5.02 Å². The Bertz CT molecular complexity index is 536. The van der Waals surface area contributed by atoms with Crippen LogP contribution in [0.3, 0.4) is 0 Å². The summed E-state index contributed by atoms with van der Waals surface area (Å²) in [5, 5.41) is 0.436. The van der Waals surface area contributed by atoms with Gasteiger partial charge in [-0.1, -0.05) is 33.6 Å². The summed E-state index contributed by atoms with van der Waals surface area (Å²) in [6, 6.07) is 9.68. The van der Waals surface area contributed by atoms with Crippen molar-refractivity contribution < 1.29 is 9.13 Å². The number of benzene rings is 2. The fourth-order valence-electron chi connectivity index (χ4n) is 1.53. The van der Waals surface area contributed by atoms with Gasteiger partial charge in [-0.05, 0) is 35.9 Å². The van der Waals surface area contributed by atoms with Crippen LogP contribution in [0.5, 0.6) is 5.75 Å². The van der Waals surface area contributed by atoms with Crippen LogP contribution in [-0.4, -0.2) is 0 Å². The van der Waals surface area contributed by atoms with Crippen LogP contribution >= 0.6 is 27.5 Å². The van der Waals surface area contributed by atoms with Gasteiger partial charge in [-0.25, -0.2) is 4.39 Å². The van der Waals surface area contributed by atoms with E-state index in [2.05, 4.69) is 15.9 Å². The number of nitrogen functional groups attached to an aromatic ring is 1. The van der Waals surface area contributed by atoms with Crippen LogP contribution in [0.15, 0.2) is 40.9 Å². The molecule has 0 aliphatic carbocycles. The third-order valence-corrected chi connectivity index (χ3v) is 3.06. The topological polar surface area (TPSA) is 35.2 Å². The van der Waals surface area contributed by atoms with Crippen molar-refractivity contribution in [1.29, 1.82) is 0 Å². The summed E-state index contributed by atoms with van der Waals surface area (Å²) in [6.45, 7) is 0.199. The van der Waals surface area contributed by atoms with Gasteiger partial charge >= 0.3 is 0 Å². The molecule has 2 aromatic carbocycles. The van der Waals surface area contributed by atoms with E-state index in [1.54, 1.807) is 24.3 Å².